The summed E-state index contributed by atoms with van der Waals surface area (Å²) in [6.07, 6.45) is 3.75. The van der Waals surface area contributed by atoms with Gasteiger partial charge in [0.1, 0.15) is 0 Å². The predicted octanol–water partition coefficient (Wildman–Crippen LogP) is 2.42. The Balaban J connectivity index is 2.27. The van der Waals surface area contributed by atoms with Crippen molar-refractivity contribution in [2.24, 2.45) is 10.8 Å². The summed E-state index contributed by atoms with van der Waals surface area (Å²) in [5.41, 5.74) is 0.733. The van der Waals surface area contributed by atoms with Gasteiger partial charge in [0, 0.05) is 32.8 Å². The Morgan fingerprint density at radius 3 is 2.72 bits per heavy atom. The van der Waals surface area contributed by atoms with Crippen LogP contribution >= 0.6 is 0 Å². The molecule has 0 saturated carbocycles. The average molecular weight is 256 g/mol. The Hall–Kier alpha value is -0.120. The van der Waals surface area contributed by atoms with E-state index in [2.05, 4.69) is 38.3 Å². The Morgan fingerprint density at radius 1 is 1.39 bits per heavy atom. The van der Waals surface area contributed by atoms with Crippen LogP contribution in [-0.4, -0.2) is 39.4 Å². The first kappa shape index (κ1) is 15.9. The number of piperidine rings is 1. The fourth-order valence-corrected chi connectivity index (χ4v) is 2.64. The van der Waals surface area contributed by atoms with Crippen LogP contribution in [0.3, 0.4) is 0 Å². The quantitative estimate of drug-likeness (QED) is 0.734. The zero-order valence-corrected chi connectivity index (χ0v) is 12.9. The van der Waals surface area contributed by atoms with E-state index in [9.17, 15) is 0 Å². The van der Waals surface area contributed by atoms with Gasteiger partial charge in [-0.15, -0.1) is 0 Å². The van der Waals surface area contributed by atoms with E-state index in [-0.39, 0.29) is 0 Å². The Kier molecular flexibility index (Phi) is 6.09. The van der Waals surface area contributed by atoms with Crippen molar-refractivity contribution in [3.8, 4) is 0 Å². The zero-order valence-electron chi connectivity index (χ0n) is 12.9. The fourth-order valence-electron chi connectivity index (χ4n) is 2.64. The third kappa shape index (κ3) is 5.25. The maximum Gasteiger partial charge on any atom is 0.0467 e. The molecule has 108 valence electrons. The Bertz CT molecular complexity index is 239. The highest BCUT2D eigenvalue weighted by molar-refractivity contribution is 4.90. The lowest BCUT2D eigenvalue weighted by Crippen LogP contribution is -2.52. The van der Waals surface area contributed by atoms with Crippen LogP contribution in [0.5, 0.6) is 0 Å². The largest absolute Gasteiger partial charge is 0.385 e. The third-order valence-corrected chi connectivity index (χ3v) is 4.27. The number of ether oxygens (including phenoxy) is 1. The Labute approximate surface area is 113 Å². The molecular weight excluding hydrogens is 224 g/mol. The molecule has 1 fully saturated rings. The minimum Gasteiger partial charge on any atom is -0.385 e. The topological polar surface area (TPSA) is 33.3 Å². The zero-order chi connectivity index (χ0) is 13.6. The van der Waals surface area contributed by atoms with E-state index in [1.807, 2.05) is 0 Å². The highest BCUT2D eigenvalue weighted by Gasteiger charge is 2.31. The number of hydrogen-bond donors (Lipinski definition) is 2. The van der Waals surface area contributed by atoms with Gasteiger partial charge < -0.3 is 15.4 Å². The summed E-state index contributed by atoms with van der Waals surface area (Å²) >= 11 is 0. The average Bonchev–Trinajstić information content (AvgIpc) is 2.28. The molecule has 0 aliphatic carbocycles. The van der Waals surface area contributed by atoms with Crippen molar-refractivity contribution in [1.82, 2.24) is 10.6 Å². The van der Waals surface area contributed by atoms with Crippen molar-refractivity contribution in [2.75, 3.05) is 33.4 Å². The van der Waals surface area contributed by atoms with Crippen LogP contribution in [0.25, 0.3) is 0 Å². The lowest BCUT2D eigenvalue weighted by atomic mass is 9.77. The van der Waals surface area contributed by atoms with Crippen LogP contribution < -0.4 is 10.6 Å². The molecule has 2 N–H and O–H groups in total. The van der Waals surface area contributed by atoms with Crippen molar-refractivity contribution in [3.05, 3.63) is 0 Å². The molecule has 0 bridgehead atoms. The van der Waals surface area contributed by atoms with Crippen LogP contribution in [0.2, 0.25) is 0 Å². The van der Waals surface area contributed by atoms with Gasteiger partial charge in [0.05, 0.1) is 0 Å². The first-order valence-electron chi connectivity index (χ1n) is 7.30. The smallest absolute Gasteiger partial charge is 0.0467 e. The number of hydrogen-bond acceptors (Lipinski definition) is 3. The molecule has 18 heavy (non-hydrogen) atoms. The van der Waals surface area contributed by atoms with Crippen molar-refractivity contribution in [1.29, 1.82) is 0 Å². The molecule has 1 heterocycles. The van der Waals surface area contributed by atoms with E-state index in [0.29, 0.717) is 16.9 Å². The van der Waals surface area contributed by atoms with Gasteiger partial charge in [-0.3, -0.25) is 0 Å². The van der Waals surface area contributed by atoms with E-state index in [0.717, 1.165) is 26.1 Å². The molecular formula is C15H32N2O. The van der Waals surface area contributed by atoms with Gasteiger partial charge in [-0.1, -0.05) is 27.7 Å². The molecule has 0 amide bonds. The van der Waals surface area contributed by atoms with Crippen molar-refractivity contribution in [2.45, 2.75) is 53.0 Å². The SMILES string of the molecule is COCCC(C)(C)CNCC1NCCCC1(C)C. The van der Waals surface area contributed by atoms with Crippen LogP contribution in [0.1, 0.15) is 47.0 Å². The van der Waals surface area contributed by atoms with Crippen molar-refractivity contribution >= 4 is 0 Å². The molecule has 1 aliphatic heterocycles. The van der Waals surface area contributed by atoms with Crippen LogP contribution in [0.4, 0.5) is 0 Å². The second-order valence-corrected chi connectivity index (χ2v) is 7.14. The minimum absolute atomic E-state index is 0.314. The van der Waals surface area contributed by atoms with Gasteiger partial charge in [-0.2, -0.15) is 0 Å². The molecule has 0 radical (unpaired) electrons. The number of methoxy groups -OCH3 is 1. The molecule has 1 atom stereocenters. The van der Waals surface area contributed by atoms with Crippen LogP contribution in [0.15, 0.2) is 0 Å². The summed E-state index contributed by atoms with van der Waals surface area (Å²) in [5.74, 6) is 0. The fraction of sp³-hybridized carbons (Fsp3) is 1.00. The number of nitrogens with one attached hydrogen (secondary N) is 2. The van der Waals surface area contributed by atoms with E-state index < -0.39 is 0 Å². The summed E-state index contributed by atoms with van der Waals surface area (Å²) in [4.78, 5) is 0. The molecule has 0 spiro atoms. The van der Waals surface area contributed by atoms with Crippen molar-refractivity contribution in [3.63, 3.8) is 0 Å². The molecule has 3 nitrogen and oxygen atoms in total. The Morgan fingerprint density at radius 2 is 2.11 bits per heavy atom. The molecule has 0 aromatic carbocycles. The molecule has 1 aliphatic rings. The highest BCUT2D eigenvalue weighted by Crippen LogP contribution is 2.29. The van der Waals surface area contributed by atoms with E-state index in [1.54, 1.807) is 7.11 Å². The summed E-state index contributed by atoms with van der Waals surface area (Å²) in [6, 6.07) is 0.601. The van der Waals surface area contributed by atoms with Crippen molar-refractivity contribution < 1.29 is 4.74 Å². The summed E-state index contributed by atoms with van der Waals surface area (Å²) in [5, 5.41) is 7.29. The first-order chi connectivity index (χ1) is 8.37. The maximum absolute atomic E-state index is 5.17. The first-order valence-corrected chi connectivity index (χ1v) is 7.30. The molecule has 0 aromatic rings. The van der Waals surface area contributed by atoms with Gasteiger partial charge in [0.2, 0.25) is 0 Å². The minimum atomic E-state index is 0.314. The molecule has 0 aromatic heterocycles. The van der Waals surface area contributed by atoms with Gasteiger partial charge >= 0.3 is 0 Å². The molecule has 3 heteroatoms. The molecule has 1 unspecified atom stereocenters. The summed E-state index contributed by atoms with van der Waals surface area (Å²) in [7, 11) is 1.78. The standard InChI is InChI=1S/C15H32N2O/c1-14(2,8-10-18-5)12-16-11-13-15(3,4)7-6-9-17-13/h13,16-17H,6-12H2,1-5H3. The van der Waals surface area contributed by atoms with Gasteiger partial charge in [-0.25, -0.2) is 0 Å². The van der Waals surface area contributed by atoms with Gasteiger partial charge in [0.15, 0.2) is 0 Å². The second kappa shape index (κ2) is 6.88. The van der Waals surface area contributed by atoms with Crippen LogP contribution in [-0.2, 0) is 4.74 Å². The van der Waals surface area contributed by atoms with Gasteiger partial charge in [0.25, 0.3) is 0 Å². The normalized spacial score (nSPS) is 24.2. The van der Waals surface area contributed by atoms with Crippen LogP contribution in [0, 0.1) is 10.8 Å². The third-order valence-electron chi connectivity index (χ3n) is 4.27. The summed E-state index contributed by atoms with van der Waals surface area (Å²) < 4.78 is 5.17. The summed E-state index contributed by atoms with van der Waals surface area (Å²) in [6.45, 7) is 13.5. The lowest BCUT2D eigenvalue weighted by molar-refractivity contribution is 0.143. The monoisotopic (exact) mass is 256 g/mol. The van der Waals surface area contributed by atoms with E-state index in [1.165, 1.54) is 19.4 Å². The van der Waals surface area contributed by atoms with Gasteiger partial charge in [-0.05, 0) is 36.6 Å². The van der Waals surface area contributed by atoms with E-state index in [4.69, 9.17) is 4.74 Å². The lowest BCUT2D eigenvalue weighted by Gasteiger charge is -2.40. The maximum atomic E-state index is 5.17. The highest BCUT2D eigenvalue weighted by atomic mass is 16.5. The van der Waals surface area contributed by atoms with E-state index >= 15 is 0 Å². The molecule has 1 saturated heterocycles. The second-order valence-electron chi connectivity index (χ2n) is 7.14. The predicted molar refractivity (Wildman–Crippen MR) is 77.9 cm³/mol. The number of rotatable bonds is 7. The molecule has 1 rings (SSSR count).